The number of fused-ring (bicyclic) bond motifs is 2. The molecule has 0 aliphatic heterocycles. The summed E-state index contributed by atoms with van der Waals surface area (Å²) in [7, 11) is 0. The molecule has 0 heterocycles. The van der Waals surface area contributed by atoms with Crippen molar-refractivity contribution >= 4 is 5.78 Å². The number of ketones is 1. The Morgan fingerprint density at radius 2 is 1.93 bits per heavy atom. The molecule has 2 aliphatic carbocycles. The van der Waals surface area contributed by atoms with E-state index in [0.29, 0.717) is 24.0 Å². The van der Waals surface area contributed by atoms with Gasteiger partial charge in [-0.25, -0.2) is 0 Å². The van der Waals surface area contributed by atoms with Gasteiger partial charge in [-0.05, 0) is 78.2 Å². The molecular weight excluding hydrogens is 332 g/mol. The van der Waals surface area contributed by atoms with Crippen molar-refractivity contribution in [2.45, 2.75) is 70.8 Å². The molecule has 2 aromatic rings. The third kappa shape index (κ3) is 3.60. The van der Waals surface area contributed by atoms with Crippen molar-refractivity contribution in [3.63, 3.8) is 0 Å². The average molecular weight is 363 g/mol. The molecule has 0 radical (unpaired) electrons. The summed E-state index contributed by atoms with van der Waals surface area (Å²) >= 11 is 0. The topological polar surface area (TPSA) is 37.3 Å². The molecule has 3 atom stereocenters. The number of rotatable bonds is 4. The number of carbonyl (C=O) groups excluding carboxylic acids is 1. The molecule has 2 aliphatic rings. The van der Waals surface area contributed by atoms with E-state index in [-0.39, 0.29) is 6.10 Å². The van der Waals surface area contributed by atoms with Gasteiger partial charge in [0.1, 0.15) is 0 Å². The van der Waals surface area contributed by atoms with Crippen molar-refractivity contribution in [2.75, 3.05) is 0 Å². The minimum absolute atomic E-state index is 0.293. The maximum Gasteiger partial charge on any atom is 0.163 e. The largest absolute Gasteiger partial charge is 0.388 e. The van der Waals surface area contributed by atoms with Gasteiger partial charge in [-0.15, -0.1) is 0 Å². The summed E-state index contributed by atoms with van der Waals surface area (Å²) in [5.41, 5.74) is 7.22. The van der Waals surface area contributed by atoms with Crippen molar-refractivity contribution in [1.82, 2.24) is 0 Å². The van der Waals surface area contributed by atoms with Gasteiger partial charge in [0.15, 0.2) is 5.78 Å². The van der Waals surface area contributed by atoms with Gasteiger partial charge in [0, 0.05) is 12.0 Å². The van der Waals surface area contributed by atoms with Crippen LogP contribution in [0.15, 0.2) is 36.4 Å². The lowest BCUT2D eigenvalue weighted by atomic mass is 9.75. The zero-order valence-electron chi connectivity index (χ0n) is 16.5. The van der Waals surface area contributed by atoms with Crippen LogP contribution < -0.4 is 0 Å². The quantitative estimate of drug-likeness (QED) is 0.773. The monoisotopic (exact) mass is 362 g/mol. The molecule has 2 nitrogen and oxygen atoms in total. The Bertz CT molecular complexity index is 851. The molecular formula is C25H30O2. The van der Waals surface area contributed by atoms with Crippen molar-refractivity contribution in [2.24, 2.45) is 5.92 Å². The maximum atomic E-state index is 12.1. The molecule has 0 fully saturated rings. The van der Waals surface area contributed by atoms with Crippen LogP contribution in [0.3, 0.4) is 0 Å². The van der Waals surface area contributed by atoms with E-state index >= 15 is 0 Å². The number of aliphatic hydroxyl groups is 1. The van der Waals surface area contributed by atoms with E-state index < -0.39 is 0 Å². The number of aliphatic hydroxyl groups excluding tert-OH is 1. The lowest BCUT2D eigenvalue weighted by Crippen LogP contribution is -2.22. The second kappa shape index (κ2) is 7.59. The number of aryl methyl sites for hydroxylation is 3. The van der Waals surface area contributed by atoms with E-state index in [2.05, 4.69) is 44.2 Å². The van der Waals surface area contributed by atoms with Gasteiger partial charge < -0.3 is 5.11 Å². The van der Waals surface area contributed by atoms with E-state index in [0.717, 1.165) is 49.7 Å². The Labute approximate surface area is 162 Å². The first-order valence-corrected chi connectivity index (χ1v) is 10.5. The fourth-order valence-corrected chi connectivity index (χ4v) is 4.93. The standard InChI is InChI=1S/C25H30O2/c1-3-17-7-8-18-9-10-21(25(27)23(18)14-17)13-16(2)19-11-12-22-20(15-19)5-4-6-24(22)26/h7-8,11-12,14-16,21,25,27H,3-6,9-10,13H2,1-2H3. The average Bonchev–Trinajstić information content (AvgIpc) is 2.69. The minimum Gasteiger partial charge on any atom is -0.388 e. The lowest BCUT2D eigenvalue weighted by molar-refractivity contribution is 0.0849. The molecule has 0 amide bonds. The lowest BCUT2D eigenvalue weighted by Gasteiger charge is -2.32. The Hall–Kier alpha value is -1.93. The van der Waals surface area contributed by atoms with Crippen LogP contribution in [0.25, 0.3) is 0 Å². The van der Waals surface area contributed by atoms with Crippen LogP contribution >= 0.6 is 0 Å². The third-order valence-corrected chi connectivity index (χ3v) is 6.67. The van der Waals surface area contributed by atoms with Gasteiger partial charge in [0.25, 0.3) is 0 Å². The number of Topliss-reactive ketones (excluding diaryl/α,β-unsaturated/α-hetero) is 1. The van der Waals surface area contributed by atoms with E-state index in [1.165, 1.54) is 22.3 Å². The second-order valence-corrected chi connectivity index (χ2v) is 8.46. The Morgan fingerprint density at radius 1 is 1.07 bits per heavy atom. The van der Waals surface area contributed by atoms with Gasteiger partial charge >= 0.3 is 0 Å². The SMILES string of the molecule is CCc1ccc2c(c1)C(O)C(CC(C)c1ccc3c(c1)CCCC3=O)CC2. The molecule has 0 saturated carbocycles. The van der Waals surface area contributed by atoms with Gasteiger partial charge in [0.05, 0.1) is 6.10 Å². The van der Waals surface area contributed by atoms with Crippen LogP contribution in [-0.4, -0.2) is 10.9 Å². The van der Waals surface area contributed by atoms with Gasteiger partial charge in [0.2, 0.25) is 0 Å². The molecule has 0 spiro atoms. The summed E-state index contributed by atoms with van der Waals surface area (Å²) in [6.45, 7) is 4.43. The first-order chi connectivity index (χ1) is 13.1. The zero-order chi connectivity index (χ0) is 19.0. The highest BCUT2D eigenvalue weighted by molar-refractivity contribution is 5.98. The molecule has 0 saturated heterocycles. The van der Waals surface area contributed by atoms with E-state index in [1.807, 2.05) is 6.07 Å². The van der Waals surface area contributed by atoms with Crippen molar-refractivity contribution in [1.29, 1.82) is 0 Å². The number of benzene rings is 2. The van der Waals surface area contributed by atoms with Crippen LogP contribution in [0, 0.1) is 5.92 Å². The molecule has 27 heavy (non-hydrogen) atoms. The summed E-state index contributed by atoms with van der Waals surface area (Å²) in [5, 5.41) is 11.0. The zero-order valence-corrected chi connectivity index (χ0v) is 16.5. The van der Waals surface area contributed by atoms with Gasteiger partial charge in [-0.1, -0.05) is 50.2 Å². The molecule has 2 heteroatoms. The van der Waals surface area contributed by atoms with Gasteiger partial charge in [-0.3, -0.25) is 4.79 Å². The van der Waals surface area contributed by atoms with E-state index in [4.69, 9.17) is 0 Å². The van der Waals surface area contributed by atoms with Crippen LogP contribution in [0.1, 0.15) is 89.7 Å². The van der Waals surface area contributed by atoms with Crippen molar-refractivity contribution in [3.8, 4) is 0 Å². The maximum absolute atomic E-state index is 12.1. The van der Waals surface area contributed by atoms with Crippen LogP contribution in [-0.2, 0) is 19.3 Å². The van der Waals surface area contributed by atoms with Gasteiger partial charge in [-0.2, -0.15) is 0 Å². The number of carbonyl (C=O) groups is 1. The molecule has 3 unspecified atom stereocenters. The number of hydrogen-bond acceptors (Lipinski definition) is 2. The summed E-state index contributed by atoms with van der Waals surface area (Å²) in [6, 6.07) is 13.0. The summed E-state index contributed by atoms with van der Waals surface area (Å²) in [4.78, 5) is 12.1. The fraction of sp³-hybridized carbons (Fsp3) is 0.480. The summed E-state index contributed by atoms with van der Waals surface area (Å²) in [6.07, 6.45) is 6.43. The van der Waals surface area contributed by atoms with Crippen molar-refractivity contribution in [3.05, 3.63) is 69.8 Å². The third-order valence-electron chi connectivity index (χ3n) is 6.67. The molecule has 0 bridgehead atoms. The highest BCUT2D eigenvalue weighted by Crippen LogP contribution is 2.40. The molecule has 0 aromatic heterocycles. The second-order valence-electron chi connectivity index (χ2n) is 8.46. The molecule has 4 rings (SSSR count). The predicted octanol–water partition coefficient (Wildman–Crippen LogP) is 5.56. The Kier molecular flexibility index (Phi) is 5.19. The van der Waals surface area contributed by atoms with Crippen LogP contribution in [0.4, 0.5) is 0 Å². The molecule has 2 aromatic carbocycles. The predicted molar refractivity (Wildman–Crippen MR) is 109 cm³/mol. The smallest absolute Gasteiger partial charge is 0.163 e. The molecule has 142 valence electrons. The Morgan fingerprint density at radius 3 is 2.74 bits per heavy atom. The highest BCUT2D eigenvalue weighted by Gasteiger charge is 2.30. The van der Waals surface area contributed by atoms with Crippen LogP contribution in [0.2, 0.25) is 0 Å². The number of hydrogen-bond donors (Lipinski definition) is 1. The van der Waals surface area contributed by atoms with E-state index in [1.54, 1.807) is 0 Å². The van der Waals surface area contributed by atoms with E-state index in [9.17, 15) is 9.90 Å². The first-order valence-electron chi connectivity index (χ1n) is 10.5. The summed E-state index contributed by atoms with van der Waals surface area (Å²) < 4.78 is 0. The normalized spacial score (nSPS) is 22.9. The summed E-state index contributed by atoms with van der Waals surface area (Å²) in [5.74, 6) is 0.988. The highest BCUT2D eigenvalue weighted by atomic mass is 16.3. The Balaban J connectivity index is 1.51. The van der Waals surface area contributed by atoms with Crippen LogP contribution in [0.5, 0.6) is 0 Å². The van der Waals surface area contributed by atoms with Crippen molar-refractivity contribution < 1.29 is 9.90 Å². The molecule has 1 N–H and O–H groups in total. The first kappa shape index (κ1) is 18.4. The fourth-order valence-electron chi connectivity index (χ4n) is 4.93. The minimum atomic E-state index is -0.359.